The van der Waals surface area contributed by atoms with E-state index in [9.17, 15) is 4.79 Å². The Hall–Kier alpha value is -1.61. The molecule has 0 N–H and O–H groups in total. The molecule has 2 aliphatic rings. The van der Waals surface area contributed by atoms with Gasteiger partial charge in [-0.2, -0.15) is 0 Å². The van der Waals surface area contributed by atoms with Crippen LogP contribution in [0.5, 0.6) is 5.75 Å². The highest BCUT2D eigenvalue weighted by molar-refractivity contribution is 7.14. The summed E-state index contributed by atoms with van der Waals surface area (Å²) in [7, 11) is 0. The second-order valence-corrected chi connectivity index (χ2v) is 6.83. The summed E-state index contributed by atoms with van der Waals surface area (Å²) in [6.45, 7) is 2.06. The fourth-order valence-corrected chi connectivity index (χ4v) is 4.36. The smallest absolute Gasteiger partial charge is 0.202 e. The van der Waals surface area contributed by atoms with Crippen molar-refractivity contribution in [3.05, 3.63) is 50.7 Å². The number of benzene rings is 1. The first kappa shape index (κ1) is 12.2. The summed E-state index contributed by atoms with van der Waals surface area (Å²) < 4.78 is 5.69. The highest BCUT2D eigenvalue weighted by atomic mass is 32.1. The van der Waals surface area contributed by atoms with Gasteiger partial charge in [-0.05, 0) is 61.6 Å². The minimum atomic E-state index is 0.159. The van der Waals surface area contributed by atoms with Gasteiger partial charge in [0.2, 0.25) is 5.78 Å². The lowest BCUT2D eigenvalue weighted by Crippen LogP contribution is -2.05. The van der Waals surface area contributed by atoms with E-state index in [1.807, 2.05) is 18.2 Å². The van der Waals surface area contributed by atoms with Gasteiger partial charge >= 0.3 is 0 Å². The van der Waals surface area contributed by atoms with Crippen molar-refractivity contribution in [2.45, 2.75) is 38.7 Å². The Labute approximate surface area is 122 Å². The molecule has 1 aromatic heterocycles. The molecule has 1 unspecified atom stereocenters. The van der Waals surface area contributed by atoms with Gasteiger partial charge in [0.25, 0.3) is 0 Å². The number of thiophene rings is 1. The molecule has 0 bridgehead atoms. The number of hydrogen-bond acceptors (Lipinski definition) is 3. The number of carbonyl (C=O) groups excluding carboxylic acids is 1. The van der Waals surface area contributed by atoms with Gasteiger partial charge in [0.15, 0.2) is 0 Å². The van der Waals surface area contributed by atoms with Crippen molar-refractivity contribution in [3.63, 3.8) is 0 Å². The first-order valence-electron chi connectivity index (χ1n) is 7.16. The number of carbonyl (C=O) groups is 1. The Morgan fingerprint density at radius 3 is 3.00 bits per heavy atom. The number of hydrogen-bond donors (Lipinski definition) is 0. The average molecular weight is 284 g/mol. The molecular weight excluding hydrogens is 268 g/mol. The maximum atomic E-state index is 12.6. The summed E-state index contributed by atoms with van der Waals surface area (Å²) in [6.07, 6.45) is 4.64. The summed E-state index contributed by atoms with van der Waals surface area (Å²) in [5, 5.41) is 0. The molecular formula is C17H16O2S. The van der Waals surface area contributed by atoms with E-state index >= 15 is 0 Å². The summed E-state index contributed by atoms with van der Waals surface area (Å²) in [4.78, 5) is 14.9. The van der Waals surface area contributed by atoms with E-state index in [2.05, 4.69) is 13.0 Å². The predicted molar refractivity (Wildman–Crippen MR) is 80.0 cm³/mol. The molecule has 1 aliphatic carbocycles. The van der Waals surface area contributed by atoms with E-state index in [1.165, 1.54) is 16.9 Å². The van der Waals surface area contributed by atoms with Crippen LogP contribution in [-0.2, 0) is 19.3 Å². The first-order chi connectivity index (χ1) is 9.70. The third kappa shape index (κ3) is 1.88. The summed E-state index contributed by atoms with van der Waals surface area (Å²) in [5.41, 5.74) is 3.34. The molecule has 2 nitrogen and oxygen atoms in total. The molecule has 1 atom stereocenters. The maximum Gasteiger partial charge on any atom is 0.202 e. The molecule has 20 heavy (non-hydrogen) atoms. The molecule has 102 valence electrons. The SMILES string of the molecule is CC1Cc2cc(C(=O)c3cc4c(s3)CCC4)ccc2O1. The van der Waals surface area contributed by atoms with E-state index in [1.54, 1.807) is 11.3 Å². The van der Waals surface area contributed by atoms with Gasteiger partial charge in [-0.25, -0.2) is 0 Å². The van der Waals surface area contributed by atoms with Crippen LogP contribution in [0.3, 0.4) is 0 Å². The highest BCUT2D eigenvalue weighted by Gasteiger charge is 2.23. The summed E-state index contributed by atoms with van der Waals surface area (Å²) in [6, 6.07) is 7.94. The molecule has 0 amide bonds. The maximum absolute atomic E-state index is 12.6. The Kier molecular flexibility index (Phi) is 2.71. The zero-order valence-electron chi connectivity index (χ0n) is 11.4. The largest absolute Gasteiger partial charge is 0.490 e. The second kappa shape index (κ2) is 4.45. The third-order valence-corrected chi connectivity index (χ3v) is 5.36. The Morgan fingerprint density at radius 1 is 1.25 bits per heavy atom. The molecule has 2 aromatic rings. The molecule has 0 saturated heterocycles. The molecule has 3 heteroatoms. The average Bonchev–Trinajstić information content (AvgIpc) is 3.08. The second-order valence-electron chi connectivity index (χ2n) is 5.70. The molecule has 1 aliphatic heterocycles. The van der Waals surface area contributed by atoms with Crippen molar-refractivity contribution in [1.29, 1.82) is 0 Å². The van der Waals surface area contributed by atoms with Gasteiger partial charge in [0.1, 0.15) is 11.9 Å². The zero-order valence-corrected chi connectivity index (χ0v) is 12.3. The molecule has 0 radical (unpaired) electrons. The highest BCUT2D eigenvalue weighted by Crippen LogP contribution is 2.34. The van der Waals surface area contributed by atoms with Gasteiger partial charge in [-0.3, -0.25) is 4.79 Å². The van der Waals surface area contributed by atoms with Gasteiger partial charge in [0, 0.05) is 16.9 Å². The number of ketones is 1. The normalized spacial score (nSPS) is 19.6. The van der Waals surface area contributed by atoms with Crippen molar-refractivity contribution >= 4 is 17.1 Å². The van der Waals surface area contributed by atoms with Crippen molar-refractivity contribution in [2.75, 3.05) is 0 Å². The molecule has 0 spiro atoms. The number of ether oxygens (including phenoxy) is 1. The minimum Gasteiger partial charge on any atom is -0.490 e. The van der Waals surface area contributed by atoms with Crippen LogP contribution in [0.25, 0.3) is 0 Å². The quantitative estimate of drug-likeness (QED) is 0.784. The Balaban J connectivity index is 1.67. The topological polar surface area (TPSA) is 26.3 Å². The van der Waals surface area contributed by atoms with Crippen molar-refractivity contribution in [2.24, 2.45) is 0 Å². The Morgan fingerprint density at radius 2 is 2.15 bits per heavy atom. The van der Waals surface area contributed by atoms with Crippen LogP contribution in [0.1, 0.15) is 44.6 Å². The number of aryl methyl sites for hydroxylation is 2. The van der Waals surface area contributed by atoms with Crippen LogP contribution in [0.4, 0.5) is 0 Å². The van der Waals surface area contributed by atoms with Gasteiger partial charge < -0.3 is 4.74 Å². The Bertz CT molecular complexity index is 678. The molecule has 0 saturated carbocycles. The summed E-state index contributed by atoms with van der Waals surface area (Å²) >= 11 is 1.68. The number of fused-ring (bicyclic) bond motifs is 2. The van der Waals surface area contributed by atoms with Gasteiger partial charge in [-0.1, -0.05) is 0 Å². The van der Waals surface area contributed by atoms with Crippen LogP contribution in [0.15, 0.2) is 24.3 Å². The van der Waals surface area contributed by atoms with Crippen LogP contribution in [-0.4, -0.2) is 11.9 Å². The van der Waals surface area contributed by atoms with Crippen LogP contribution in [0.2, 0.25) is 0 Å². The van der Waals surface area contributed by atoms with Gasteiger partial charge in [-0.15, -0.1) is 11.3 Å². The van der Waals surface area contributed by atoms with E-state index in [0.717, 1.165) is 41.0 Å². The van der Waals surface area contributed by atoms with Crippen molar-refractivity contribution < 1.29 is 9.53 Å². The van der Waals surface area contributed by atoms with Crippen molar-refractivity contribution in [1.82, 2.24) is 0 Å². The van der Waals surface area contributed by atoms with Crippen LogP contribution < -0.4 is 4.74 Å². The van der Waals surface area contributed by atoms with Crippen molar-refractivity contribution in [3.8, 4) is 5.75 Å². The van der Waals surface area contributed by atoms with E-state index in [-0.39, 0.29) is 11.9 Å². The predicted octanol–water partition coefficient (Wildman–Crippen LogP) is 3.79. The molecule has 1 aromatic carbocycles. The fourth-order valence-electron chi connectivity index (χ4n) is 3.15. The van der Waals surface area contributed by atoms with Gasteiger partial charge in [0.05, 0.1) is 4.88 Å². The molecule has 4 rings (SSSR count). The third-order valence-electron chi connectivity index (χ3n) is 4.13. The van der Waals surface area contributed by atoms with Crippen LogP contribution >= 0.6 is 11.3 Å². The van der Waals surface area contributed by atoms with Crippen LogP contribution in [0, 0.1) is 0 Å². The van der Waals surface area contributed by atoms with E-state index in [0.29, 0.717) is 0 Å². The van der Waals surface area contributed by atoms with E-state index < -0.39 is 0 Å². The lowest BCUT2D eigenvalue weighted by Gasteiger charge is -2.03. The lowest BCUT2D eigenvalue weighted by molar-refractivity contribution is 0.104. The minimum absolute atomic E-state index is 0.159. The van der Waals surface area contributed by atoms with E-state index in [4.69, 9.17) is 4.74 Å². The monoisotopic (exact) mass is 284 g/mol. The standard InChI is InChI=1S/C17H16O2S/c1-10-7-13-8-12(5-6-14(13)19-10)17(18)16-9-11-3-2-4-15(11)20-16/h5-6,8-10H,2-4,7H2,1H3. The molecule has 0 fully saturated rings. The number of rotatable bonds is 2. The lowest BCUT2D eigenvalue weighted by atomic mass is 10.0. The molecule has 2 heterocycles. The first-order valence-corrected chi connectivity index (χ1v) is 7.98. The zero-order chi connectivity index (χ0) is 13.7. The fraction of sp³-hybridized carbons (Fsp3) is 0.353. The summed E-state index contributed by atoms with van der Waals surface area (Å²) in [5.74, 6) is 1.09.